The molecular formula is C12H13BrN2. The Balaban J connectivity index is 2.81. The van der Waals surface area contributed by atoms with Crippen LogP contribution in [0.3, 0.4) is 0 Å². The molecule has 0 amide bonds. The molecule has 0 aliphatic heterocycles. The van der Waals surface area contributed by atoms with Crippen LogP contribution in [-0.2, 0) is 0 Å². The topological polar surface area (TPSA) is 16.1 Å². The monoisotopic (exact) mass is 264 g/mol. The van der Waals surface area contributed by atoms with E-state index in [0.717, 1.165) is 15.7 Å². The van der Waals surface area contributed by atoms with Crippen molar-refractivity contribution in [2.24, 2.45) is 0 Å². The summed E-state index contributed by atoms with van der Waals surface area (Å²) in [6, 6.07) is 8.28. The van der Waals surface area contributed by atoms with Gasteiger partial charge in [0, 0.05) is 35.3 Å². The average molecular weight is 265 g/mol. The van der Waals surface area contributed by atoms with E-state index in [1.807, 2.05) is 19.1 Å². The first-order chi connectivity index (χ1) is 7.08. The second-order valence-electron chi connectivity index (χ2n) is 3.84. The highest BCUT2D eigenvalue weighted by atomic mass is 79.9. The summed E-state index contributed by atoms with van der Waals surface area (Å²) < 4.78 is 1.09. The van der Waals surface area contributed by atoms with Crippen molar-refractivity contribution in [3.05, 3.63) is 34.4 Å². The summed E-state index contributed by atoms with van der Waals surface area (Å²) in [6.07, 6.45) is 0. The molecule has 15 heavy (non-hydrogen) atoms. The molecule has 2 rings (SSSR count). The molecule has 0 N–H and O–H groups in total. The average Bonchev–Trinajstić information content (AvgIpc) is 2.17. The van der Waals surface area contributed by atoms with Crippen molar-refractivity contribution in [3.63, 3.8) is 0 Å². The number of benzene rings is 1. The minimum Gasteiger partial charge on any atom is -0.377 e. The largest absolute Gasteiger partial charge is 0.377 e. The van der Waals surface area contributed by atoms with Crippen molar-refractivity contribution in [3.8, 4) is 0 Å². The second kappa shape index (κ2) is 3.81. The number of halogens is 1. The van der Waals surface area contributed by atoms with E-state index in [4.69, 9.17) is 0 Å². The highest BCUT2D eigenvalue weighted by Gasteiger charge is 2.05. The maximum absolute atomic E-state index is 4.51. The van der Waals surface area contributed by atoms with Crippen molar-refractivity contribution in [2.75, 3.05) is 19.0 Å². The van der Waals surface area contributed by atoms with Crippen LogP contribution in [0.2, 0.25) is 0 Å². The van der Waals surface area contributed by atoms with Gasteiger partial charge in [-0.05, 0) is 31.2 Å². The van der Waals surface area contributed by atoms with Crippen LogP contribution in [0.5, 0.6) is 0 Å². The summed E-state index contributed by atoms with van der Waals surface area (Å²) in [4.78, 5) is 6.63. The third-order valence-electron chi connectivity index (χ3n) is 2.36. The lowest BCUT2D eigenvalue weighted by Gasteiger charge is -2.16. The van der Waals surface area contributed by atoms with Crippen LogP contribution in [-0.4, -0.2) is 19.1 Å². The zero-order valence-electron chi connectivity index (χ0n) is 9.08. The van der Waals surface area contributed by atoms with E-state index in [0.29, 0.717) is 0 Å². The zero-order valence-corrected chi connectivity index (χ0v) is 10.7. The van der Waals surface area contributed by atoms with Gasteiger partial charge in [-0.15, -0.1) is 0 Å². The van der Waals surface area contributed by atoms with Crippen molar-refractivity contribution in [2.45, 2.75) is 6.92 Å². The molecule has 0 atom stereocenters. The molecule has 0 fully saturated rings. The summed E-state index contributed by atoms with van der Waals surface area (Å²) in [7, 11) is 4.10. The molecular weight excluding hydrogens is 252 g/mol. The quantitative estimate of drug-likeness (QED) is 0.785. The van der Waals surface area contributed by atoms with Gasteiger partial charge in [0.05, 0.1) is 5.52 Å². The van der Waals surface area contributed by atoms with Crippen LogP contribution in [0.15, 0.2) is 28.7 Å². The minimum atomic E-state index is 1.04. The molecule has 0 aliphatic carbocycles. The Kier molecular flexibility index (Phi) is 2.65. The summed E-state index contributed by atoms with van der Waals surface area (Å²) in [6.45, 7) is 2.02. The molecule has 0 aliphatic rings. The third kappa shape index (κ3) is 1.97. The Hall–Kier alpha value is -1.09. The lowest BCUT2D eigenvalue weighted by molar-refractivity contribution is 1.12. The molecule has 0 spiro atoms. The number of rotatable bonds is 1. The number of aromatic nitrogens is 1. The van der Waals surface area contributed by atoms with Crippen molar-refractivity contribution < 1.29 is 0 Å². The molecule has 1 heterocycles. The van der Waals surface area contributed by atoms with E-state index >= 15 is 0 Å². The predicted octanol–water partition coefficient (Wildman–Crippen LogP) is 3.37. The molecule has 0 saturated carbocycles. The van der Waals surface area contributed by atoms with E-state index in [1.165, 1.54) is 11.1 Å². The number of nitrogens with zero attached hydrogens (tertiary/aromatic N) is 2. The molecule has 2 aromatic rings. The third-order valence-corrected chi connectivity index (χ3v) is 2.85. The van der Waals surface area contributed by atoms with Gasteiger partial charge in [-0.1, -0.05) is 15.9 Å². The molecule has 2 nitrogen and oxygen atoms in total. The van der Waals surface area contributed by atoms with Crippen LogP contribution in [0, 0.1) is 6.92 Å². The van der Waals surface area contributed by atoms with Crippen LogP contribution in [0.4, 0.5) is 5.69 Å². The second-order valence-corrected chi connectivity index (χ2v) is 4.75. The number of fused-ring (bicyclic) bond motifs is 1. The molecule has 0 bridgehead atoms. The van der Waals surface area contributed by atoms with Crippen molar-refractivity contribution >= 4 is 32.5 Å². The maximum Gasteiger partial charge on any atom is 0.0726 e. The molecule has 0 unspecified atom stereocenters. The summed E-state index contributed by atoms with van der Waals surface area (Å²) in [5, 5.41) is 1.18. The summed E-state index contributed by atoms with van der Waals surface area (Å²) >= 11 is 3.49. The Morgan fingerprint density at radius 2 is 1.93 bits per heavy atom. The van der Waals surface area contributed by atoms with Gasteiger partial charge in [0.15, 0.2) is 0 Å². The van der Waals surface area contributed by atoms with Crippen LogP contribution in [0.25, 0.3) is 10.9 Å². The molecule has 3 heteroatoms. The van der Waals surface area contributed by atoms with Gasteiger partial charge in [-0.2, -0.15) is 0 Å². The van der Waals surface area contributed by atoms with E-state index in [2.05, 4.69) is 52.0 Å². The van der Waals surface area contributed by atoms with E-state index in [-0.39, 0.29) is 0 Å². The van der Waals surface area contributed by atoms with E-state index in [1.54, 1.807) is 0 Å². The van der Waals surface area contributed by atoms with Crippen molar-refractivity contribution in [1.82, 2.24) is 4.98 Å². The van der Waals surface area contributed by atoms with Gasteiger partial charge in [0.1, 0.15) is 0 Å². The van der Waals surface area contributed by atoms with Gasteiger partial charge in [0.2, 0.25) is 0 Å². The number of hydrogen-bond donors (Lipinski definition) is 0. The maximum atomic E-state index is 4.51. The standard InChI is InChI=1S/C12H13BrN2/c1-8-6-12(15(2)3)10-7-9(13)4-5-11(10)14-8/h4-7H,1-3H3. The molecule has 0 saturated heterocycles. The lowest BCUT2D eigenvalue weighted by Crippen LogP contribution is -2.09. The normalized spacial score (nSPS) is 10.7. The number of anilines is 1. The van der Waals surface area contributed by atoms with Crippen LogP contribution >= 0.6 is 15.9 Å². The molecule has 0 radical (unpaired) electrons. The predicted molar refractivity (Wildman–Crippen MR) is 68.5 cm³/mol. The number of hydrogen-bond acceptors (Lipinski definition) is 2. The first-order valence-corrected chi connectivity index (χ1v) is 5.61. The van der Waals surface area contributed by atoms with Crippen LogP contribution in [0.1, 0.15) is 5.69 Å². The van der Waals surface area contributed by atoms with E-state index < -0.39 is 0 Å². The van der Waals surface area contributed by atoms with Gasteiger partial charge < -0.3 is 4.90 Å². The number of pyridine rings is 1. The molecule has 1 aromatic carbocycles. The smallest absolute Gasteiger partial charge is 0.0726 e. The zero-order chi connectivity index (χ0) is 11.0. The van der Waals surface area contributed by atoms with Crippen molar-refractivity contribution in [1.29, 1.82) is 0 Å². The molecule has 1 aromatic heterocycles. The van der Waals surface area contributed by atoms with Gasteiger partial charge >= 0.3 is 0 Å². The highest BCUT2D eigenvalue weighted by molar-refractivity contribution is 9.10. The minimum absolute atomic E-state index is 1.04. The Morgan fingerprint density at radius 1 is 1.20 bits per heavy atom. The SMILES string of the molecule is Cc1cc(N(C)C)c2cc(Br)ccc2n1. The fourth-order valence-corrected chi connectivity index (χ4v) is 2.04. The first-order valence-electron chi connectivity index (χ1n) is 4.82. The van der Waals surface area contributed by atoms with Gasteiger partial charge in [-0.3, -0.25) is 4.98 Å². The summed E-state index contributed by atoms with van der Waals surface area (Å²) in [5.41, 5.74) is 3.30. The fraction of sp³-hybridized carbons (Fsp3) is 0.250. The summed E-state index contributed by atoms with van der Waals surface area (Å²) in [5.74, 6) is 0. The lowest BCUT2D eigenvalue weighted by atomic mass is 10.1. The Bertz CT molecular complexity index is 506. The Morgan fingerprint density at radius 3 is 2.60 bits per heavy atom. The Labute approximate surface area is 98.1 Å². The fourth-order valence-electron chi connectivity index (χ4n) is 1.68. The van der Waals surface area contributed by atoms with E-state index in [9.17, 15) is 0 Å². The van der Waals surface area contributed by atoms with Crippen LogP contribution < -0.4 is 4.90 Å². The highest BCUT2D eigenvalue weighted by Crippen LogP contribution is 2.27. The first kappa shape index (κ1) is 10.4. The molecule has 78 valence electrons. The number of aryl methyl sites for hydroxylation is 1. The van der Waals surface area contributed by atoms with Gasteiger partial charge in [-0.25, -0.2) is 0 Å². The van der Waals surface area contributed by atoms with Gasteiger partial charge in [0.25, 0.3) is 0 Å².